The van der Waals surface area contributed by atoms with Crippen LogP contribution in [0.2, 0.25) is 0 Å². The predicted octanol–water partition coefficient (Wildman–Crippen LogP) is 1.90. The van der Waals surface area contributed by atoms with E-state index in [0.29, 0.717) is 48.5 Å². The van der Waals surface area contributed by atoms with Gasteiger partial charge in [0.2, 0.25) is 0 Å². The van der Waals surface area contributed by atoms with E-state index in [1.807, 2.05) is 23.6 Å². The molecule has 4 heterocycles. The van der Waals surface area contributed by atoms with E-state index in [-0.39, 0.29) is 17.6 Å². The molecule has 4 rings (SSSR count). The predicted molar refractivity (Wildman–Crippen MR) is 109 cm³/mol. The molecule has 0 aromatic carbocycles. The summed E-state index contributed by atoms with van der Waals surface area (Å²) in [6.45, 7) is 4.22. The fourth-order valence-electron chi connectivity index (χ4n) is 3.85. The van der Waals surface area contributed by atoms with Crippen molar-refractivity contribution >= 4 is 22.6 Å². The van der Waals surface area contributed by atoms with Gasteiger partial charge in [-0.25, -0.2) is 4.98 Å². The number of hydrogen-bond acceptors (Lipinski definition) is 5. The molecule has 1 aliphatic heterocycles. The van der Waals surface area contributed by atoms with Gasteiger partial charge < -0.3 is 19.4 Å². The van der Waals surface area contributed by atoms with Gasteiger partial charge in [-0.15, -0.1) is 0 Å². The fourth-order valence-corrected chi connectivity index (χ4v) is 3.85. The summed E-state index contributed by atoms with van der Waals surface area (Å²) >= 11 is 0. The average molecular weight is 398 g/mol. The summed E-state index contributed by atoms with van der Waals surface area (Å²) in [6.07, 6.45) is 4.44. The number of carbonyl (C=O) groups excluding carboxylic acids is 1. The van der Waals surface area contributed by atoms with Gasteiger partial charge in [-0.2, -0.15) is 0 Å². The smallest absolute Gasteiger partial charge is 0.268 e. The SMILES string of the molecule is COCCCn1c(C(=O)NC[C@H]2CCCO2)cc2c(=O)n3cccc(C)c3nc21. The van der Waals surface area contributed by atoms with E-state index in [1.165, 1.54) is 4.40 Å². The minimum absolute atomic E-state index is 0.0549. The molecule has 1 aliphatic rings. The number of ether oxygens (including phenoxy) is 2. The second-order valence-corrected chi connectivity index (χ2v) is 7.41. The lowest BCUT2D eigenvalue weighted by atomic mass is 10.2. The molecular weight excluding hydrogens is 372 g/mol. The summed E-state index contributed by atoms with van der Waals surface area (Å²) in [7, 11) is 1.64. The van der Waals surface area contributed by atoms with E-state index in [4.69, 9.17) is 14.5 Å². The highest BCUT2D eigenvalue weighted by molar-refractivity contribution is 5.98. The first kappa shape index (κ1) is 19.6. The van der Waals surface area contributed by atoms with Crippen LogP contribution in [0.25, 0.3) is 16.7 Å². The Bertz CT molecular complexity index is 1100. The Morgan fingerprint density at radius 3 is 3.03 bits per heavy atom. The molecule has 1 saturated heterocycles. The quantitative estimate of drug-likeness (QED) is 0.615. The van der Waals surface area contributed by atoms with Gasteiger partial charge in [-0.3, -0.25) is 14.0 Å². The maximum atomic E-state index is 13.1. The van der Waals surface area contributed by atoms with Gasteiger partial charge >= 0.3 is 0 Å². The van der Waals surface area contributed by atoms with Gasteiger partial charge in [-0.05, 0) is 43.9 Å². The zero-order valence-electron chi connectivity index (χ0n) is 16.8. The number of hydrogen-bond donors (Lipinski definition) is 1. The van der Waals surface area contributed by atoms with Crippen LogP contribution in [0.15, 0.2) is 29.2 Å². The Morgan fingerprint density at radius 1 is 1.41 bits per heavy atom. The number of nitrogens with zero attached hydrogens (tertiary/aromatic N) is 3. The summed E-state index contributed by atoms with van der Waals surface area (Å²) in [4.78, 5) is 30.7. The maximum Gasteiger partial charge on any atom is 0.268 e. The highest BCUT2D eigenvalue weighted by Crippen LogP contribution is 2.19. The van der Waals surface area contributed by atoms with Crippen molar-refractivity contribution in [3.05, 3.63) is 46.0 Å². The molecule has 0 saturated carbocycles. The minimum Gasteiger partial charge on any atom is -0.385 e. The van der Waals surface area contributed by atoms with Crippen molar-refractivity contribution in [3.63, 3.8) is 0 Å². The first-order valence-electron chi connectivity index (χ1n) is 10.00. The first-order chi connectivity index (χ1) is 14.1. The van der Waals surface area contributed by atoms with Gasteiger partial charge in [-0.1, -0.05) is 6.07 Å². The molecule has 0 bridgehead atoms. The number of methoxy groups -OCH3 is 1. The number of amides is 1. The van der Waals surface area contributed by atoms with Crippen molar-refractivity contribution in [2.45, 2.75) is 38.8 Å². The van der Waals surface area contributed by atoms with Gasteiger partial charge in [0.25, 0.3) is 11.5 Å². The van der Waals surface area contributed by atoms with Crippen molar-refractivity contribution in [2.24, 2.45) is 0 Å². The molecule has 1 fully saturated rings. The van der Waals surface area contributed by atoms with Crippen LogP contribution in [-0.4, -0.2) is 52.8 Å². The van der Waals surface area contributed by atoms with E-state index >= 15 is 0 Å². The van der Waals surface area contributed by atoms with Gasteiger partial charge in [0, 0.05) is 39.6 Å². The number of aromatic nitrogens is 3. The Morgan fingerprint density at radius 2 is 2.28 bits per heavy atom. The van der Waals surface area contributed by atoms with Crippen molar-refractivity contribution in [1.29, 1.82) is 0 Å². The van der Waals surface area contributed by atoms with Crippen molar-refractivity contribution in [2.75, 3.05) is 26.9 Å². The summed E-state index contributed by atoms with van der Waals surface area (Å²) in [5.74, 6) is -0.221. The van der Waals surface area contributed by atoms with Crippen molar-refractivity contribution in [1.82, 2.24) is 19.3 Å². The molecule has 0 unspecified atom stereocenters. The number of fused-ring (bicyclic) bond motifs is 2. The standard InChI is InChI=1S/C21H26N4O4/c1-14-6-3-8-25-18(14)23-19-16(21(25)27)12-17(24(19)9-5-10-28-2)20(26)22-13-15-7-4-11-29-15/h3,6,8,12,15H,4-5,7,9-11,13H2,1-2H3,(H,22,26)/t15-/m1/s1. The maximum absolute atomic E-state index is 13.1. The second-order valence-electron chi connectivity index (χ2n) is 7.41. The van der Waals surface area contributed by atoms with E-state index in [9.17, 15) is 9.59 Å². The molecule has 1 atom stereocenters. The zero-order chi connectivity index (χ0) is 20.4. The Balaban J connectivity index is 1.77. The lowest BCUT2D eigenvalue weighted by Crippen LogP contribution is -2.33. The van der Waals surface area contributed by atoms with Gasteiger partial charge in [0.15, 0.2) is 0 Å². The van der Waals surface area contributed by atoms with Crippen LogP contribution in [0.4, 0.5) is 0 Å². The van der Waals surface area contributed by atoms with Gasteiger partial charge in [0.1, 0.15) is 17.0 Å². The Hall–Kier alpha value is -2.71. The second kappa shape index (κ2) is 8.34. The molecule has 0 aliphatic carbocycles. The zero-order valence-corrected chi connectivity index (χ0v) is 16.8. The lowest BCUT2D eigenvalue weighted by Gasteiger charge is -2.13. The number of carbonyl (C=O) groups is 1. The topological polar surface area (TPSA) is 86.9 Å². The monoisotopic (exact) mass is 398 g/mol. The first-order valence-corrected chi connectivity index (χ1v) is 10.00. The van der Waals surface area contributed by atoms with Crippen LogP contribution in [0.1, 0.15) is 35.3 Å². The third-order valence-electron chi connectivity index (χ3n) is 5.37. The van der Waals surface area contributed by atoms with Crippen LogP contribution >= 0.6 is 0 Å². The third-order valence-corrected chi connectivity index (χ3v) is 5.37. The molecule has 29 heavy (non-hydrogen) atoms. The van der Waals surface area contributed by atoms with E-state index < -0.39 is 0 Å². The molecule has 8 nitrogen and oxygen atoms in total. The van der Waals surface area contributed by atoms with Crippen LogP contribution in [0.5, 0.6) is 0 Å². The number of nitrogens with one attached hydrogen (secondary N) is 1. The lowest BCUT2D eigenvalue weighted by molar-refractivity contribution is 0.0849. The largest absolute Gasteiger partial charge is 0.385 e. The minimum atomic E-state index is -0.221. The summed E-state index contributed by atoms with van der Waals surface area (Å²) < 4.78 is 14.1. The van der Waals surface area contributed by atoms with Crippen molar-refractivity contribution < 1.29 is 14.3 Å². The van der Waals surface area contributed by atoms with Crippen LogP contribution in [-0.2, 0) is 16.0 Å². The molecule has 1 amide bonds. The normalized spacial score (nSPS) is 16.7. The molecule has 1 N–H and O–H groups in total. The van der Waals surface area contributed by atoms with Crippen LogP contribution < -0.4 is 10.9 Å². The molecule has 0 spiro atoms. The summed E-state index contributed by atoms with van der Waals surface area (Å²) in [6, 6.07) is 5.39. The highest BCUT2D eigenvalue weighted by Gasteiger charge is 2.22. The average Bonchev–Trinajstić information content (AvgIpc) is 3.36. The highest BCUT2D eigenvalue weighted by atomic mass is 16.5. The molecule has 0 radical (unpaired) electrons. The molecule has 3 aromatic heterocycles. The van der Waals surface area contributed by atoms with Crippen LogP contribution in [0.3, 0.4) is 0 Å². The van der Waals surface area contributed by atoms with E-state index in [1.54, 1.807) is 19.4 Å². The van der Waals surface area contributed by atoms with Crippen molar-refractivity contribution in [3.8, 4) is 0 Å². The number of rotatable bonds is 7. The Kier molecular flexibility index (Phi) is 5.64. The Labute approximate surface area is 168 Å². The molecule has 3 aromatic rings. The third kappa shape index (κ3) is 3.77. The molecular formula is C21H26N4O4. The summed E-state index contributed by atoms with van der Waals surface area (Å²) in [5.41, 5.74) is 2.30. The van der Waals surface area contributed by atoms with Crippen LogP contribution in [0, 0.1) is 6.92 Å². The van der Waals surface area contributed by atoms with E-state index in [2.05, 4.69) is 5.32 Å². The number of aryl methyl sites for hydroxylation is 2. The molecule has 154 valence electrons. The fraction of sp³-hybridized carbons (Fsp3) is 0.476. The summed E-state index contributed by atoms with van der Waals surface area (Å²) in [5, 5.41) is 3.39. The number of pyridine rings is 1. The van der Waals surface area contributed by atoms with E-state index in [0.717, 1.165) is 25.0 Å². The van der Waals surface area contributed by atoms with Gasteiger partial charge in [0.05, 0.1) is 11.5 Å². The molecule has 8 heteroatoms.